The molecule has 21 nitrogen and oxygen atoms in total. The highest BCUT2D eigenvalue weighted by Gasteiger charge is 2.50. The van der Waals surface area contributed by atoms with Crippen molar-refractivity contribution >= 4 is 62.2 Å². The van der Waals surface area contributed by atoms with E-state index in [0.717, 1.165) is 60.7 Å². The molecule has 0 spiro atoms. The van der Waals surface area contributed by atoms with Gasteiger partial charge in [-0.2, -0.15) is 0 Å². The molecule has 0 saturated carbocycles. The Hall–Kier alpha value is -7.31. The number of carbonyl (C=O) groups is 4. The Bertz CT molecular complexity index is 3430. The van der Waals surface area contributed by atoms with Gasteiger partial charge in [0.05, 0.1) is 41.9 Å². The number of aldehydes is 1. The lowest BCUT2D eigenvalue weighted by Crippen LogP contribution is -2.56. The molecule has 0 bridgehead atoms. The summed E-state index contributed by atoms with van der Waals surface area (Å²) in [6.45, 7) is 25.7. The average Bonchev–Trinajstić information content (AvgIpc) is 1.65. The number of aryl methyl sites for hydroxylation is 2. The predicted molar refractivity (Wildman–Crippen MR) is 345 cm³/mol. The van der Waals surface area contributed by atoms with Gasteiger partial charge < -0.3 is 82.5 Å². The van der Waals surface area contributed by atoms with Crippen LogP contribution < -0.4 is 28.6 Å². The van der Waals surface area contributed by atoms with Gasteiger partial charge in [0.2, 0.25) is 0 Å². The van der Waals surface area contributed by atoms with Gasteiger partial charge in [-0.15, -0.1) is 0 Å². The second kappa shape index (κ2) is 27.3. The number of rotatable bonds is 15. The highest BCUT2D eigenvalue weighted by atomic mass is 16.7. The average molecular weight is 1230 g/mol. The molecule has 5 fully saturated rings. The Morgan fingerprint density at radius 3 is 1.48 bits per heavy atom. The third-order valence-electron chi connectivity index (χ3n) is 18.3. The van der Waals surface area contributed by atoms with E-state index in [4.69, 9.17) is 33.2 Å². The molecule has 12 rings (SSSR count). The molecular weight excluding hydrogens is 1150 g/mol. The highest BCUT2D eigenvalue weighted by Crippen LogP contribution is 2.45. The number of aromatic hydroxyl groups is 1. The number of amides is 3. The number of methoxy groups -OCH3 is 1. The van der Waals surface area contributed by atoms with E-state index in [1.165, 1.54) is 7.11 Å². The highest BCUT2D eigenvalue weighted by molar-refractivity contribution is 6.55. The van der Waals surface area contributed by atoms with Crippen molar-refractivity contribution in [3.8, 4) is 23.0 Å². The summed E-state index contributed by atoms with van der Waals surface area (Å²) < 4.78 is 43.3. The minimum Gasteiger partial charge on any atom is -0.508 e. The van der Waals surface area contributed by atoms with Crippen LogP contribution in [0.15, 0.2) is 91.1 Å². The molecule has 8 atom stereocenters. The van der Waals surface area contributed by atoms with Gasteiger partial charge in [-0.3, -0.25) is 19.2 Å². The van der Waals surface area contributed by atoms with Crippen molar-refractivity contribution in [2.24, 2.45) is 0 Å². The molecule has 0 aromatic heterocycles. The van der Waals surface area contributed by atoms with E-state index in [0.29, 0.717) is 132 Å². The standard InChI is InChI=1S/C45H54B2N4O10.C20H27BN2O5.CH4/c1-26-12-35-29(4)50(46(5)55)36-20-41(40(57-7)18-34(36)44(54)48(35)21-26)60-25-32-16-30(23-52)15-31(17-32)24-59-39-19-37-33(14-28(39)3)43(53)49-22-27(2)13-38(49)45(51(37)47(6)56)61-42-10-8-9-11-58-42;1-12-8-16-20(28-18-6-4-5-7-27-18)23(21(3)26)15-10-17(24)13(2)9-14(15)19(25)22(16)11-12;/h14-20,23,29,35,38,42,45,55-56H,1-2,8-13,21-22,24-25H2,3-7H3;9-10,16,18,20,24,26H,1,4-8,11H2,2-3H3;1H4/t29-,35-,38-,42?,45-;16-,18?,20-;/m00./s1. The number of anilines is 3. The van der Waals surface area contributed by atoms with Crippen LogP contribution in [-0.4, -0.2) is 169 Å². The number of fused-ring (bicyclic) bond motifs is 6. The van der Waals surface area contributed by atoms with E-state index in [2.05, 4.69) is 19.7 Å². The molecule has 4 aromatic carbocycles. The zero-order valence-corrected chi connectivity index (χ0v) is 52.0. The lowest BCUT2D eigenvalue weighted by Gasteiger charge is -2.40. The summed E-state index contributed by atoms with van der Waals surface area (Å²) in [5.74, 6) is 0.828. The van der Waals surface area contributed by atoms with Gasteiger partial charge in [-0.25, -0.2) is 0 Å². The van der Waals surface area contributed by atoms with Crippen LogP contribution in [0.2, 0.25) is 20.5 Å². The first-order valence-corrected chi connectivity index (χ1v) is 31.0. The van der Waals surface area contributed by atoms with E-state index in [1.54, 1.807) is 95.3 Å². The maximum absolute atomic E-state index is 14.2. The van der Waals surface area contributed by atoms with Crippen LogP contribution in [0.25, 0.3) is 0 Å². The first kappa shape index (κ1) is 65.6. The zero-order valence-electron chi connectivity index (χ0n) is 52.0. The lowest BCUT2D eigenvalue weighted by molar-refractivity contribution is -0.194. The normalized spacial score (nSPS) is 24.5. The number of phenols is 1. The van der Waals surface area contributed by atoms with Gasteiger partial charge in [0.25, 0.3) is 17.7 Å². The minimum absolute atomic E-state index is 0. The maximum atomic E-state index is 14.2. The number of hydrogen-bond donors (Lipinski definition) is 4. The molecular formula is C66H85B3N6O15. The molecule has 8 aliphatic rings. The summed E-state index contributed by atoms with van der Waals surface area (Å²) in [5, 5.41) is 43.3. The van der Waals surface area contributed by atoms with Crippen molar-refractivity contribution in [2.75, 3.05) is 54.4 Å². The molecule has 0 radical (unpaired) electrons. The Morgan fingerprint density at radius 1 is 0.578 bits per heavy atom. The van der Waals surface area contributed by atoms with Crippen LogP contribution in [0.5, 0.6) is 23.0 Å². The van der Waals surface area contributed by atoms with Crippen LogP contribution in [0, 0.1) is 13.8 Å². The fraction of sp³-hybridized carbons (Fsp3) is 0.485. The molecule has 478 valence electrons. The van der Waals surface area contributed by atoms with Crippen LogP contribution in [0.1, 0.15) is 136 Å². The van der Waals surface area contributed by atoms with Crippen molar-refractivity contribution in [1.29, 1.82) is 0 Å². The van der Waals surface area contributed by atoms with Gasteiger partial charge in [0.15, 0.2) is 24.1 Å². The van der Waals surface area contributed by atoms with Gasteiger partial charge >= 0.3 is 21.2 Å². The second-order valence-corrected chi connectivity index (χ2v) is 25.0. The SMILES string of the molecule is C.C=C1C[C@H]2[C@H](C)N(B(C)O)c3cc(OCc4cc(C=O)cc(COc5cc6c(cc5C)C(=O)N5CC(=C)C[C@H]5[C@H](OC5CCCCO5)N6B(C)O)c4)c(OC)cc3C(=O)N2C1.C=C1C[C@H]2[C@H](OC3CCCCO3)N(B(C)O)c3cc(O)c(C)cc3C(=O)N2C1. The summed E-state index contributed by atoms with van der Waals surface area (Å²) >= 11 is 0. The van der Waals surface area contributed by atoms with Gasteiger partial charge in [0.1, 0.15) is 43.5 Å². The molecule has 0 aliphatic carbocycles. The van der Waals surface area contributed by atoms with Crippen LogP contribution in [0.3, 0.4) is 0 Å². The Kier molecular flexibility index (Phi) is 19.9. The molecule has 8 aliphatic heterocycles. The van der Waals surface area contributed by atoms with Gasteiger partial charge in [0, 0.05) is 79.7 Å². The Balaban J connectivity index is 0.000000256. The molecule has 4 N–H and O–H groups in total. The summed E-state index contributed by atoms with van der Waals surface area (Å²) in [6.07, 6.45) is 5.82. The second-order valence-electron chi connectivity index (χ2n) is 25.0. The largest absolute Gasteiger partial charge is 0.508 e. The Morgan fingerprint density at radius 2 is 1.01 bits per heavy atom. The predicted octanol–water partition coefficient (Wildman–Crippen LogP) is 8.54. The molecule has 24 heteroatoms. The number of carbonyl (C=O) groups excluding carboxylic acids is 4. The molecule has 90 heavy (non-hydrogen) atoms. The van der Waals surface area contributed by atoms with Crippen molar-refractivity contribution < 1.29 is 72.5 Å². The molecule has 8 heterocycles. The van der Waals surface area contributed by atoms with E-state index in [-0.39, 0.29) is 74.6 Å². The number of nitrogens with zero attached hydrogens (tertiary/aromatic N) is 6. The third-order valence-corrected chi connectivity index (χ3v) is 18.3. The fourth-order valence-electron chi connectivity index (χ4n) is 14.1. The topological polar surface area (TPSA) is 233 Å². The van der Waals surface area contributed by atoms with Crippen LogP contribution >= 0.6 is 0 Å². The van der Waals surface area contributed by atoms with Crippen molar-refractivity contribution in [2.45, 2.75) is 169 Å². The summed E-state index contributed by atoms with van der Waals surface area (Å²) in [4.78, 5) is 64.3. The molecule has 2 unspecified atom stereocenters. The summed E-state index contributed by atoms with van der Waals surface area (Å²) in [7, 11) is -1.33. The van der Waals surface area contributed by atoms with Gasteiger partial charge in [-0.05, 0) is 158 Å². The van der Waals surface area contributed by atoms with Crippen molar-refractivity contribution in [3.05, 3.63) is 136 Å². The number of benzene rings is 4. The number of ether oxygens (including phenoxy) is 7. The number of hydrogen-bond acceptors (Lipinski definition) is 18. The summed E-state index contributed by atoms with van der Waals surface area (Å²) in [5.41, 5.74) is 8.78. The number of phenolic OH excluding ortho intramolecular Hbond substituents is 1. The quantitative estimate of drug-likeness (QED) is 0.0496. The van der Waals surface area contributed by atoms with Crippen molar-refractivity contribution in [1.82, 2.24) is 14.7 Å². The smallest absolute Gasteiger partial charge is 0.411 e. The third kappa shape index (κ3) is 13.0. The fourth-order valence-corrected chi connectivity index (χ4v) is 14.1. The van der Waals surface area contributed by atoms with Crippen LogP contribution in [-0.2, 0) is 32.2 Å². The lowest BCUT2D eigenvalue weighted by atomic mass is 9.80. The van der Waals surface area contributed by atoms with E-state index >= 15 is 0 Å². The maximum Gasteiger partial charge on any atom is 0.411 e. The first-order chi connectivity index (χ1) is 42.6. The molecule has 5 saturated heterocycles. The first-order valence-electron chi connectivity index (χ1n) is 31.0. The molecule has 3 amide bonds. The van der Waals surface area contributed by atoms with Crippen LogP contribution in [0.4, 0.5) is 17.1 Å². The molecule has 4 aromatic rings. The monoisotopic (exact) mass is 1230 g/mol. The van der Waals surface area contributed by atoms with E-state index in [1.807, 2.05) is 29.6 Å². The van der Waals surface area contributed by atoms with E-state index < -0.39 is 39.9 Å². The minimum atomic E-state index is -1.02. The zero-order chi connectivity index (χ0) is 63.3. The van der Waals surface area contributed by atoms with E-state index in [9.17, 15) is 39.4 Å². The van der Waals surface area contributed by atoms with Crippen molar-refractivity contribution in [3.63, 3.8) is 0 Å². The summed E-state index contributed by atoms with van der Waals surface area (Å²) in [6, 6.07) is 14.5. The Labute approximate surface area is 529 Å². The van der Waals surface area contributed by atoms with Gasteiger partial charge in [-0.1, -0.05) is 43.9 Å².